The summed E-state index contributed by atoms with van der Waals surface area (Å²) in [5, 5.41) is 0. The van der Waals surface area contributed by atoms with E-state index in [1.165, 1.54) is 18.2 Å². The monoisotopic (exact) mass is 228 g/mol. The lowest BCUT2D eigenvalue weighted by Crippen LogP contribution is -2.03. The normalized spacial score (nSPS) is 13.4. The number of fused-ring (bicyclic) bond motifs is 2. The molecule has 0 unspecified atom stereocenters. The quantitative estimate of drug-likeness (QED) is 0.693. The van der Waals surface area contributed by atoms with E-state index < -0.39 is 0 Å². The van der Waals surface area contributed by atoms with E-state index in [4.69, 9.17) is 4.74 Å². The molecule has 1 heterocycles. The maximum Gasteiger partial charge on any atom is 0.197 e. The Labute approximate surface area is 97.7 Å². The van der Waals surface area contributed by atoms with Crippen LogP contribution in [0.1, 0.15) is 21.5 Å². The summed E-state index contributed by atoms with van der Waals surface area (Å²) in [4.78, 5) is 12.2. The molecule has 0 aliphatic carbocycles. The summed E-state index contributed by atoms with van der Waals surface area (Å²) >= 11 is 0. The van der Waals surface area contributed by atoms with Crippen molar-refractivity contribution in [3.05, 3.63) is 65.0 Å². The number of hydrogen-bond donors (Lipinski definition) is 0. The summed E-state index contributed by atoms with van der Waals surface area (Å²) in [6.45, 7) is 0.218. The Morgan fingerprint density at radius 3 is 2.76 bits per heavy atom. The zero-order valence-electron chi connectivity index (χ0n) is 8.94. The van der Waals surface area contributed by atoms with Crippen LogP contribution in [0.25, 0.3) is 0 Å². The molecular formula is C14H9FO2. The van der Waals surface area contributed by atoms with E-state index in [-0.39, 0.29) is 18.2 Å². The molecule has 3 rings (SSSR count). The van der Waals surface area contributed by atoms with Crippen LogP contribution >= 0.6 is 0 Å². The number of rotatable bonds is 0. The molecule has 0 fully saturated rings. The third kappa shape index (κ3) is 1.60. The molecule has 2 aromatic rings. The van der Waals surface area contributed by atoms with Gasteiger partial charge >= 0.3 is 0 Å². The number of ether oxygens (including phenoxy) is 1. The molecule has 2 aromatic carbocycles. The van der Waals surface area contributed by atoms with E-state index >= 15 is 0 Å². The summed E-state index contributed by atoms with van der Waals surface area (Å²) in [6.07, 6.45) is 0. The highest BCUT2D eigenvalue weighted by Gasteiger charge is 2.21. The van der Waals surface area contributed by atoms with Crippen molar-refractivity contribution in [1.29, 1.82) is 0 Å². The highest BCUT2D eigenvalue weighted by Crippen LogP contribution is 2.28. The summed E-state index contributed by atoms with van der Waals surface area (Å²) in [5.74, 6) is 0.0771. The van der Waals surface area contributed by atoms with E-state index in [0.29, 0.717) is 22.4 Å². The lowest BCUT2D eigenvalue weighted by Gasteiger charge is -2.04. The van der Waals surface area contributed by atoms with Gasteiger partial charge in [-0.15, -0.1) is 0 Å². The first-order chi connectivity index (χ1) is 8.25. The predicted molar refractivity (Wildman–Crippen MR) is 60.6 cm³/mol. The standard InChI is InChI=1S/C14H9FO2/c15-10-5-6-11-9(7-10)8-17-13-4-2-1-3-12(13)14(11)16/h1-7H,8H2. The van der Waals surface area contributed by atoms with Gasteiger partial charge in [0.1, 0.15) is 18.2 Å². The van der Waals surface area contributed by atoms with Crippen molar-refractivity contribution < 1.29 is 13.9 Å². The Morgan fingerprint density at radius 2 is 1.88 bits per heavy atom. The largest absolute Gasteiger partial charge is 0.488 e. The minimum absolute atomic E-state index is 0.117. The number of ketones is 1. The van der Waals surface area contributed by atoms with Gasteiger partial charge in [0.25, 0.3) is 0 Å². The molecule has 17 heavy (non-hydrogen) atoms. The fourth-order valence-corrected chi connectivity index (χ4v) is 1.98. The second-order valence-corrected chi connectivity index (χ2v) is 3.92. The van der Waals surface area contributed by atoms with Gasteiger partial charge in [-0.1, -0.05) is 12.1 Å². The number of para-hydroxylation sites is 1. The number of halogens is 1. The Balaban J connectivity index is 2.20. The molecule has 0 radical (unpaired) electrons. The van der Waals surface area contributed by atoms with Crippen LogP contribution in [0.4, 0.5) is 4.39 Å². The maximum atomic E-state index is 13.1. The van der Waals surface area contributed by atoms with Crippen molar-refractivity contribution in [2.24, 2.45) is 0 Å². The van der Waals surface area contributed by atoms with Crippen molar-refractivity contribution in [3.8, 4) is 5.75 Å². The number of hydrogen-bond acceptors (Lipinski definition) is 2. The number of carbonyl (C=O) groups excluding carboxylic acids is 1. The molecule has 0 saturated carbocycles. The van der Waals surface area contributed by atoms with E-state index in [0.717, 1.165) is 0 Å². The van der Waals surface area contributed by atoms with E-state index in [2.05, 4.69) is 0 Å². The molecule has 0 N–H and O–H groups in total. The summed E-state index contributed by atoms with van der Waals surface area (Å²) in [6, 6.07) is 11.2. The van der Waals surface area contributed by atoms with E-state index in [9.17, 15) is 9.18 Å². The first-order valence-corrected chi connectivity index (χ1v) is 5.30. The molecular weight excluding hydrogens is 219 g/mol. The Bertz CT molecular complexity index is 605. The Morgan fingerprint density at radius 1 is 1.06 bits per heavy atom. The first-order valence-electron chi connectivity index (χ1n) is 5.30. The molecule has 84 valence electrons. The topological polar surface area (TPSA) is 26.3 Å². The lowest BCUT2D eigenvalue weighted by atomic mass is 9.99. The molecule has 0 bridgehead atoms. The zero-order valence-corrected chi connectivity index (χ0v) is 8.94. The van der Waals surface area contributed by atoms with Crippen LogP contribution in [-0.2, 0) is 6.61 Å². The van der Waals surface area contributed by atoms with Crippen LogP contribution in [0.15, 0.2) is 42.5 Å². The van der Waals surface area contributed by atoms with Gasteiger partial charge in [0.15, 0.2) is 5.78 Å². The van der Waals surface area contributed by atoms with Gasteiger partial charge < -0.3 is 4.74 Å². The SMILES string of the molecule is O=C1c2ccc(F)cc2COc2ccccc21. The van der Waals surface area contributed by atoms with Crippen molar-refractivity contribution in [3.63, 3.8) is 0 Å². The summed E-state index contributed by atoms with van der Waals surface area (Å²) in [7, 11) is 0. The van der Waals surface area contributed by atoms with Crippen molar-refractivity contribution in [1.82, 2.24) is 0 Å². The van der Waals surface area contributed by atoms with Gasteiger partial charge in [0.05, 0.1) is 5.56 Å². The molecule has 3 heteroatoms. The van der Waals surface area contributed by atoms with Crippen LogP contribution in [0.5, 0.6) is 5.75 Å². The van der Waals surface area contributed by atoms with Crippen LogP contribution in [0, 0.1) is 5.82 Å². The molecule has 0 saturated heterocycles. The van der Waals surface area contributed by atoms with Crippen molar-refractivity contribution in [2.45, 2.75) is 6.61 Å². The van der Waals surface area contributed by atoms with Gasteiger partial charge in [-0.25, -0.2) is 4.39 Å². The second kappa shape index (κ2) is 3.70. The van der Waals surface area contributed by atoms with Gasteiger partial charge in [-0.2, -0.15) is 0 Å². The molecule has 0 amide bonds. The molecule has 1 aliphatic heterocycles. The Hall–Kier alpha value is -2.16. The van der Waals surface area contributed by atoms with Crippen LogP contribution in [0.2, 0.25) is 0 Å². The second-order valence-electron chi connectivity index (χ2n) is 3.92. The van der Waals surface area contributed by atoms with Gasteiger partial charge in [0.2, 0.25) is 0 Å². The fraction of sp³-hybridized carbons (Fsp3) is 0.0714. The zero-order chi connectivity index (χ0) is 11.8. The maximum absolute atomic E-state index is 13.1. The van der Waals surface area contributed by atoms with Gasteiger partial charge in [-0.05, 0) is 30.3 Å². The van der Waals surface area contributed by atoms with Gasteiger partial charge in [-0.3, -0.25) is 4.79 Å². The van der Waals surface area contributed by atoms with Crippen LogP contribution < -0.4 is 4.74 Å². The molecule has 0 atom stereocenters. The minimum Gasteiger partial charge on any atom is -0.488 e. The average Bonchev–Trinajstić information content (AvgIpc) is 2.48. The third-order valence-corrected chi connectivity index (χ3v) is 2.83. The van der Waals surface area contributed by atoms with Crippen LogP contribution in [-0.4, -0.2) is 5.78 Å². The summed E-state index contributed by atoms with van der Waals surface area (Å²) < 4.78 is 18.6. The Kier molecular flexibility index (Phi) is 2.18. The highest BCUT2D eigenvalue weighted by atomic mass is 19.1. The molecule has 0 aromatic heterocycles. The van der Waals surface area contributed by atoms with E-state index in [1.54, 1.807) is 18.2 Å². The number of carbonyl (C=O) groups is 1. The molecule has 1 aliphatic rings. The minimum atomic E-state index is -0.355. The summed E-state index contributed by atoms with van der Waals surface area (Å²) in [5.41, 5.74) is 1.63. The third-order valence-electron chi connectivity index (χ3n) is 2.83. The van der Waals surface area contributed by atoms with Crippen molar-refractivity contribution in [2.75, 3.05) is 0 Å². The lowest BCUT2D eigenvalue weighted by molar-refractivity contribution is 0.103. The number of benzene rings is 2. The average molecular weight is 228 g/mol. The van der Waals surface area contributed by atoms with Crippen molar-refractivity contribution >= 4 is 5.78 Å². The smallest absolute Gasteiger partial charge is 0.197 e. The molecule has 0 spiro atoms. The van der Waals surface area contributed by atoms with Crippen LogP contribution in [0.3, 0.4) is 0 Å². The van der Waals surface area contributed by atoms with Gasteiger partial charge in [0, 0.05) is 11.1 Å². The fourth-order valence-electron chi connectivity index (χ4n) is 1.98. The van der Waals surface area contributed by atoms with E-state index in [1.807, 2.05) is 6.07 Å². The molecule has 2 nitrogen and oxygen atoms in total. The first kappa shape index (κ1) is 10.0. The predicted octanol–water partition coefficient (Wildman–Crippen LogP) is 2.95. The highest BCUT2D eigenvalue weighted by molar-refractivity contribution is 6.11.